The van der Waals surface area contributed by atoms with Gasteiger partial charge in [-0.3, -0.25) is 14.5 Å². The average Bonchev–Trinajstić information content (AvgIpc) is 3.39. The molecule has 2 aliphatic heterocycles. The number of piperidine rings is 1. The summed E-state index contributed by atoms with van der Waals surface area (Å²) in [4.78, 5) is 40.3. The number of fused-ring (bicyclic) bond motifs is 1. The average molecular weight is 717 g/mol. The van der Waals surface area contributed by atoms with Crippen molar-refractivity contribution in [3.8, 4) is 11.8 Å². The molecule has 5 rings (SSSR count). The van der Waals surface area contributed by atoms with Crippen LogP contribution in [0, 0.1) is 24.7 Å². The van der Waals surface area contributed by atoms with Gasteiger partial charge in [0.05, 0.1) is 19.1 Å². The SMILES string of the molecule is Cc1ccc(N[C@@H]2CN(C(=O)OC(C)(C)C)CC2(F)F)cc1C(=O)N[C@@H](C)c1ccc(C#CC2CCN(CCCCC(=O)O)CC2)c2ccccc12. The van der Waals surface area contributed by atoms with E-state index >= 15 is 8.78 Å². The van der Waals surface area contributed by atoms with E-state index in [2.05, 4.69) is 27.4 Å². The number of ether oxygens (including phenoxy) is 1. The molecule has 3 aromatic rings. The van der Waals surface area contributed by atoms with Gasteiger partial charge in [0.25, 0.3) is 11.8 Å². The number of aryl methyl sites for hydroxylation is 1. The van der Waals surface area contributed by atoms with Crippen molar-refractivity contribution in [3.05, 3.63) is 76.9 Å². The highest BCUT2D eigenvalue weighted by Crippen LogP contribution is 2.32. The lowest BCUT2D eigenvalue weighted by molar-refractivity contribution is -0.137. The Morgan fingerprint density at radius 2 is 1.75 bits per heavy atom. The Balaban J connectivity index is 1.23. The number of hydrogen-bond acceptors (Lipinski definition) is 6. The molecule has 2 fully saturated rings. The molecule has 52 heavy (non-hydrogen) atoms. The van der Waals surface area contributed by atoms with Gasteiger partial charge in [0.15, 0.2) is 0 Å². The summed E-state index contributed by atoms with van der Waals surface area (Å²) < 4.78 is 35.3. The summed E-state index contributed by atoms with van der Waals surface area (Å²) in [7, 11) is 0. The van der Waals surface area contributed by atoms with E-state index in [1.54, 1.807) is 45.9 Å². The number of benzene rings is 3. The van der Waals surface area contributed by atoms with Gasteiger partial charge in [0.1, 0.15) is 11.6 Å². The number of carbonyl (C=O) groups is 3. The van der Waals surface area contributed by atoms with Crippen LogP contribution >= 0.6 is 0 Å². The molecule has 0 aromatic heterocycles. The van der Waals surface area contributed by atoms with E-state index in [1.807, 2.05) is 43.3 Å². The Labute approximate surface area is 305 Å². The van der Waals surface area contributed by atoms with Crippen molar-refractivity contribution in [3.63, 3.8) is 0 Å². The summed E-state index contributed by atoms with van der Waals surface area (Å²) in [6.45, 7) is 10.6. The van der Waals surface area contributed by atoms with Crippen molar-refractivity contribution >= 4 is 34.4 Å². The molecule has 11 heteroatoms. The predicted molar refractivity (Wildman–Crippen MR) is 199 cm³/mol. The lowest BCUT2D eigenvalue weighted by Crippen LogP contribution is -2.38. The maximum atomic E-state index is 15.0. The second-order valence-electron chi connectivity index (χ2n) is 15.0. The Morgan fingerprint density at radius 3 is 2.44 bits per heavy atom. The Hall–Kier alpha value is -4.69. The van der Waals surface area contributed by atoms with Crippen LogP contribution in [0.2, 0.25) is 0 Å². The van der Waals surface area contributed by atoms with Gasteiger partial charge in [0.2, 0.25) is 0 Å². The summed E-state index contributed by atoms with van der Waals surface area (Å²) in [6, 6.07) is 15.3. The molecule has 0 radical (unpaired) electrons. The number of anilines is 1. The van der Waals surface area contributed by atoms with E-state index in [1.165, 1.54) is 0 Å². The van der Waals surface area contributed by atoms with Gasteiger partial charge < -0.3 is 25.4 Å². The van der Waals surface area contributed by atoms with Gasteiger partial charge >= 0.3 is 12.1 Å². The lowest BCUT2D eigenvalue weighted by Gasteiger charge is -2.29. The first-order valence-corrected chi connectivity index (χ1v) is 18.1. The highest BCUT2D eigenvalue weighted by molar-refractivity contribution is 5.97. The molecule has 2 amide bonds. The molecule has 3 aromatic carbocycles. The molecule has 0 unspecified atom stereocenters. The standard InChI is InChI=1S/C41H50F2N4O5/c1-27-13-17-31(45-36-25-47(26-41(36,42)43)39(51)52-40(3,4)5)24-35(27)38(50)44-28(2)32-18-16-30(33-10-6-7-11-34(32)33)15-14-29-19-22-46(23-20-29)21-9-8-12-37(48)49/h6-7,10-11,13,16-18,24,28-29,36,45H,8-9,12,19-23,25-26H2,1-5H3,(H,44,50)(H,48,49)/t28-,36+/m0/s1. The van der Waals surface area contributed by atoms with Gasteiger partial charge in [-0.1, -0.05) is 48.2 Å². The normalized spacial score (nSPS) is 18.4. The number of likely N-dealkylation sites (tertiary alicyclic amines) is 2. The summed E-state index contributed by atoms with van der Waals surface area (Å²) in [5.74, 6) is 2.95. The molecular weight excluding hydrogens is 666 g/mol. The smallest absolute Gasteiger partial charge is 0.410 e. The second-order valence-corrected chi connectivity index (χ2v) is 15.0. The van der Waals surface area contributed by atoms with Gasteiger partial charge in [0, 0.05) is 29.2 Å². The van der Waals surface area contributed by atoms with Crippen LogP contribution in [0.3, 0.4) is 0 Å². The number of nitrogens with zero attached hydrogens (tertiary/aromatic N) is 2. The zero-order valence-electron chi connectivity index (χ0n) is 30.7. The van der Waals surface area contributed by atoms with E-state index in [0.29, 0.717) is 29.2 Å². The van der Waals surface area contributed by atoms with E-state index in [4.69, 9.17) is 9.84 Å². The predicted octanol–water partition coefficient (Wildman–Crippen LogP) is 7.62. The third kappa shape index (κ3) is 10.0. The maximum absolute atomic E-state index is 15.0. The Kier molecular flexibility index (Phi) is 12.1. The zero-order valence-corrected chi connectivity index (χ0v) is 30.7. The number of halogens is 2. The first kappa shape index (κ1) is 38.5. The third-order valence-electron chi connectivity index (χ3n) is 9.67. The molecule has 2 heterocycles. The van der Waals surface area contributed by atoms with Crippen molar-refractivity contribution in [2.75, 3.05) is 38.0 Å². The molecule has 9 nitrogen and oxygen atoms in total. The Bertz CT molecular complexity index is 1840. The van der Waals surface area contributed by atoms with Crippen molar-refractivity contribution in [2.45, 2.75) is 90.3 Å². The maximum Gasteiger partial charge on any atom is 0.410 e. The van der Waals surface area contributed by atoms with Crippen LogP contribution in [0.25, 0.3) is 10.8 Å². The number of hydrogen-bond donors (Lipinski definition) is 3. The number of carboxylic acids is 1. The minimum Gasteiger partial charge on any atom is -0.481 e. The minimum absolute atomic E-state index is 0.219. The van der Waals surface area contributed by atoms with E-state index in [-0.39, 0.29) is 24.9 Å². The van der Waals surface area contributed by atoms with E-state index in [9.17, 15) is 14.4 Å². The molecular formula is C41H50F2N4O5. The van der Waals surface area contributed by atoms with Crippen molar-refractivity contribution in [1.82, 2.24) is 15.1 Å². The van der Waals surface area contributed by atoms with Crippen LogP contribution in [0.15, 0.2) is 54.6 Å². The Morgan fingerprint density at radius 1 is 1.04 bits per heavy atom. The second kappa shape index (κ2) is 16.3. The van der Waals surface area contributed by atoms with Crippen molar-refractivity contribution in [1.29, 1.82) is 0 Å². The summed E-state index contributed by atoms with van der Waals surface area (Å²) in [6.07, 6.45) is 2.99. The fourth-order valence-electron chi connectivity index (χ4n) is 6.81. The summed E-state index contributed by atoms with van der Waals surface area (Å²) in [5, 5.41) is 16.8. The van der Waals surface area contributed by atoms with Crippen LogP contribution < -0.4 is 10.6 Å². The number of carboxylic acid groups (broad SMARTS) is 1. The molecule has 2 aliphatic rings. The zero-order chi connectivity index (χ0) is 37.6. The molecule has 2 saturated heterocycles. The first-order valence-electron chi connectivity index (χ1n) is 18.1. The number of alkyl halides is 2. The number of aliphatic carboxylic acids is 1. The molecule has 0 spiro atoms. The topological polar surface area (TPSA) is 111 Å². The number of nitrogens with one attached hydrogen (secondary N) is 2. The molecule has 2 atom stereocenters. The van der Waals surface area contributed by atoms with Gasteiger partial charge in [-0.15, -0.1) is 0 Å². The fraction of sp³-hybridized carbons (Fsp3) is 0.488. The highest BCUT2D eigenvalue weighted by Gasteiger charge is 2.50. The van der Waals surface area contributed by atoms with Crippen LogP contribution in [-0.4, -0.2) is 83.2 Å². The number of amides is 2. The molecule has 278 valence electrons. The van der Waals surface area contributed by atoms with Crippen LogP contribution in [0.4, 0.5) is 19.3 Å². The minimum atomic E-state index is -3.19. The summed E-state index contributed by atoms with van der Waals surface area (Å²) >= 11 is 0. The van der Waals surface area contributed by atoms with Gasteiger partial charge in [-0.05, 0) is 120 Å². The van der Waals surface area contributed by atoms with E-state index in [0.717, 1.165) is 65.7 Å². The van der Waals surface area contributed by atoms with Crippen LogP contribution in [0.1, 0.15) is 92.9 Å². The van der Waals surface area contributed by atoms with Crippen molar-refractivity contribution < 1.29 is 33.0 Å². The highest BCUT2D eigenvalue weighted by atomic mass is 19.3. The molecule has 0 bridgehead atoms. The number of carbonyl (C=O) groups excluding carboxylic acids is 2. The van der Waals surface area contributed by atoms with E-state index < -0.39 is 36.2 Å². The molecule has 3 N–H and O–H groups in total. The van der Waals surface area contributed by atoms with Gasteiger partial charge in [-0.25, -0.2) is 13.6 Å². The molecule has 0 saturated carbocycles. The lowest BCUT2D eigenvalue weighted by atomic mass is 9.94. The van der Waals surface area contributed by atoms with Crippen molar-refractivity contribution in [2.24, 2.45) is 5.92 Å². The van der Waals surface area contributed by atoms with Crippen LogP contribution in [-0.2, 0) is 9.53 Å². The molecule has 0 aliphatic carbocycles. The van der Waals surface area contributed by atoms with Gasteiger partial charge in [-0.2, -0.15) is 0 Å². The summed E-state index contributed by atoms with van der Waals surface area (Å²) in [5.41, 5.74) is 2.48. The number of unbranched alkanes of at least 4 members (excludes halogenated alkanes) is 1. The largest absolute Gasteiger partial charge is 0.481 e. The van der Waals surface area contributed by atoms with Crippen LogP contribution in [0.5, 0.6) is 0 Å². The first-order chi connectivity index (χ1) is 24.6. The monoisotopic (exact) mass is 716 g/mol. The quantitative estimate of drug-likeness (QED) is 0.146. The fourth-order valence-corrected chi connectivity index (χ4v) is 6.81. The third-order valence-corrected chi connectivity index (χ3v) is 9.67. The number of rotatable bonds is 10.